The van der Waals surface area contributed by atoms with Gasteiger partial charge in [0, 0.05) is 11.1 Å². The number of hydrogen-bond acceptors (Lipinski definition) is 5. The average Bonchev–Trinajstić information content (AvgIpc) is 3.14. The summed E-state index contributed by atoms with van der Waals surface area (Å²) in [4.78, 5) is 19.6. The number of fused-ring (bicyclic) bond motifs is 1. The van der Waals surface area contributed by atoms with E-state index in [9.17, 15) is 4.79 Å². The van der Waals surface area contributed by atoms with Crippen molar-refractivity contribution in [2.75, 3.05) is 7.11 Å². The van der Waals surface area contributed by atoms with E-state index in [2.05, 4.69) is 33.0 Å². The number of nitrogens with zero attached hydrogens (tertiary/aromatic N) is 1. The summed E-state index contributed by atoms with van der Waals surface area (Å²) in [5.74, 6) is 0.0892. The second kappa shape index (κ2) is 7.11. The number of hydroxylamine groups is 2. The summed E-state index contributed by atoms with van der Waals surface area (Å²) < 4.78 is 5.23. The molecule has 5 heteroatoms. The highest BCUT2D eigenvalue weighted by Crippen LogP contribution is 2.52. The monoisotopic (exact) mass is 404 g/mol. The zero-order valence-corrected chi connectivity index (χ0v) is 18.1. The predicted molar refractivity (Wildman–Crippen MR) is 118 cm³/mol. The molecule has 4 rings (SSSR count). The van der Waals surface area contributed by atoms with Crippen LogP contribution in [0.15, 0.2) is 72.3 Å². The van der Waals surface area contributed by atoms with Crippen LogP contribution >= 0.6 is 0 Å². The third kappa shape index (κ3) is 2.97. The van der Waals surface area contributed by atoms with Gasteiger partial charge in [-0.05, 0) is 39.3 Å². The first kappa shape index (κ1) is 20.4. The molecule has 2 aromatic rings. The highest BCUT2D eigenvalue weighted by atomic mass is 16.7. The van der Waals surface area contributed by atoms with E-state index >= 15 is 0 Å². The van der Waals surface area contributed by atoms with Crippen LogP contribution in [0.5, 0.6) is 0 Å². The Morgan fingerprint density at radius 2 is 1.60 bits per heavy atom. The summed E-state index contributed by atoms with van der Waals surface area (Å²) >= 11 is 0. The van der Waals surface area contributed by atoms with E-state index in [1.807, 2.05) is 77.9 Å². The van der Waals surface area contributed by atoms with Crippen molar-refractivity contribution < 1.29 is 14.4 Å². The lowest BCUT2D eigenvalue weighted by atomic mass is 9.84. The molecule has 1 fully saturated rings. The molecule has 156 valence electrons. The van der Waals surface area contributed by atoms with Gasteiger partial charge in [-0.1, -0.05) is 66.7 Å². The highest BCUT2D eigenvalue weighted by Gasteiger charge is 2.67. The van der Waals surface area contributed by atoms with Gasteiger partial charge in [-0.25, -0.2) is 4.79 Å². The minimum absolute atomic E-state index is 0.352. The number of carbonyl (C=O) groups excluding carboxylic acids is 1. The molecule has 1 N–H and O–H groups in total. The molecule has 0 radical (unpaired) electrons. The number of rotatable bonds is 4. The normalized spacial score (nSPS) is 24.7. The van der Waals surface area contributed by atoms with Crippen LogP contribution in [-0.2, 0) is 14.4 Å². The molecule has 2 aliphatic heterocycles. The molecule has 2 aromatic carbocycles. The number of methoxy groups -OCH3 is 1. The van der Waals surface area contributed by atoms with E-state index in [-0.39, 0.29) is 5.54 Å². The molecule has 1 atom stereocenters. The van der Waals surface area contributed by atoms with Gasteiger partial charge in [0.05, 0.1) is 12.6 Å². The lowest BCUT2D eigenvalue weighted by Gasteiger charge is -2.38. The first-order valence-electron chi connectivity index (χ1n) is 10.1. The summed E-state index contributed by atoms with van der Waals surface area (Å²) in [6.07, 6.45) is 4.01. The second-order valence-electron chi connectivity index (χ2n) is 8.77. The minimum atomic E-state index is -0.971. The Balaban J connectivity index is 1.95. The average molecular weight is 405 g/mol. The van der Waals surface area contributed by atoms with Gasteiger partial charge in [-0.3, -0.25) is 5.32 Å². The fourth-order valence-electron chi connectivity index (χ4n) is 4.15. The lowest BCUT2D eigenvalue weighted by Crippen LogP contribution is -2.52. The number of ether oxygens (including phenoxy) is 1. The molecular weight excluding hydrogens is 376 g/mol. The summed E-state index contributed by atoms with van der Waals surface area (Å²) in [6.45, 7) is 8.45. The van der Waals surface area contributed by atoms with E-state index < -0.39 is 17.2 Å². The van der Waals surface area contributed by atoms with E-state index in [1.165, 1.54) is 7.11 Å². The van der Waals surface area contributed by atoms with E-state index in [0.717, 1.165) is 11.1 Å². The predicted octanol–water partition coefficient (Wildman–Crippen LogP) is 4.39. The Bertz CT molecular complexity index is 1010. The van der Waals surface area contributed by atoms with Crippen LogP contribution in [0.3, 0.4) is 0 Å². The summed E-state index contributed by atoms with van der Waals surface area (Å²) in [7, 11) is 1.40. The van der Waals surface area contributed by atoms with Crippen LogP contribution in [0, 0.1) is 0 Å². The van der Waals surface area contributed by atoms with Crippen molar-refractivity contribution in [3.8, 4) is 0 Å². The van der Waals surface area contributed by atoms with E-state index in [4.69, 9.17) is 9.57 Å². The molecule has 0 spiro atoms. The number of nitrogens with one attached hydrogen (secondary N) is 1. The van der Waals surface area contributed by atoms with Crippen molar-refractivity contribution in [2.24, 2.45) is 0 Å². The summed E-state index contributed by atoms with van der Waals surface area (Å²) in [6, 6.07) is 19.7. The SMILES string of the molecule is COC(=O)C1=C(c2ccccc2)ON2C1(/C=C/c1ccccc1)NC(C)(C)C2(C)C. The Kier molecular flexibility index (Phi) is 4.83. The molecule has 0 bridgehead atoms. The van der Waals surface area contributed by atoms with E-state index in [0.29, 0.717) is 11.3 Å². The van der Waals surface area contributed by atoms with Gasteiger partial charge in [0.2, 0.25) is 0 Å². The van der Waals surface area contributed by atoms with Crippen molar-refractivity contribution in [3.63, 3.8) is 0 Å². The van der Waals surface area contributed by atoms with Crippen molar-refractivity contribution in [2.45, 2.75) is 44.4 Å². The van der Waals surface area contributed by atoms with Crippen LogP contribution in [0.4, 0.5) is 0 Å². The Hall–Kier alpha value is -2.89. The molecule has 0 amide bonds. The van der Waals surface area contributed by atoms with Gasteiger partial charge in [-0.15, -0.1) is 5.06 Å². The quantitative estimate of drug-likeness (QED) is 0.766. The van der Waals surface area contributed by atoms with Gasteiger partial charge >= 0.3 is 5.97 Å². The zero-order valence-electron chi connectivity index (χ0n) is 18.1. The number of hydrogen-bond donors (Lipinski definition) is 1. The largest absolute Gasteiger partial charge is 0.465 e. The number of carbonyl (C=O) groups is 1. The highest BCUT2D eigenvalue weighted by molar-refractivity contribution is 6.00. The summed E-state index contributed by atoms with van der Waals surface area (Å²) in [5.41, 5.74) is 0.561. The topological polar surface area (TPSA) is 50.8 Å². The minimum Gasteiger partial charge on any atom is -0.465 e. The second-order valence-corrected chi connectivity index (χ2v) is 8.77. The molecule has 30 heavy (non-hydrogen) atoms. The summed E-state index contributed by atoms with van der Waals surface area (Å²) in [5, 5.41) is 5.58. The molecule has 0 aromatic heterocycles. The van der Waals surface area contributed by atoms with Gasteiger partial charge in [-0.2, -0.15) is 0 Å². The first-order chi connectivity index (χ1) is 14.2. The Labute approximate surface area is 177 Å². The molecular formula is C25H28N2O3. The lowest BCUT2D eigenvalue weighted by molar-refractivity contribution is -0.164. The van der Waals surface area contributed by atoms with Gasteiger partial charge in [0.25, 0.3) is 0 Å². The molecule has 1 saturated heterocycles. The molecule has 5 nitrogen and oxygen atoms in total. The third-order valence-electron chi connectivity index (χ3n) is 6.39. The van der Waals surface area contributed by atoms with Crippen LogP contribution in [0.1, 0.15) is 38.8 Å². The van der Waals surface area contributed by atoms with Crippen LogP contribution in [0.2, 0.25) is 0 Å². The van der Waals surface area contributed by atoms with Crippen molar-refractivity contribution >= 4 is 17.8 Å². The maximum atomic E-state index is 13.1. The third-order valence-corrected chi connectivity index (χ3v) is 6.39. The maximum Gasteiger partial charge on any atom is 0.341 e. The maximum absolute atomic E-state index is 13.1. The van der Waals surface area contributed by atoms with Crippen molar-refractivity contribution in [1.29, 1.82) is 0 Å². The molecule has 0 aliphatic carbocycles. The molecule has 1 unspecified atom stereocenters. The van der Waals surface area contributed by atoms with Crippen LogP contribution in [-0.4, -0.2) is 34.9 Å². The molecule has 2 heterocycles. The smallest absolute Gasteiger partial charge is 0.341 e. The fourth-order valence-corrected chi connectivity index (χ4v) is 4.15. The van der Waals surface area contributed by atoms with Crippen molar-refractivity contribution in [1.82, 2.24) is 10.4 Å². The Morgan fingerprint density at radius 1 is 1.00 bits per heavy atom. The van der Waals surface area contributed by atoms with Crippen LogP contribution < -0.4 is 5.32 Å². The van der Waals surface area contributed by atoms with Crippen LogP contribution in [0.25, 0.3) is 11.8 Å². The van der Waals surface area contributed by atoms with Gasteiger partial charge in [0.15, 0.2) is 11.4 Å². The molecule has 0 saturated carbocycles. The standard InChI is InChI=1S/C25H28N2O3/c1-23(2)24(3,4)27-25(26-23,17-16-18-12-8-6-9-13-18)20(22(28)29-5)21(30-27)19-14-10-7-11-15-19/h6-17,26H,1-5H3/b17-16+. The molecule has 2 aliphatic rings. The number of esters is 1. The number of benzene rings is 2. The van der Waals surface area contributed by atoms with Crippen molar-refractivity contribution in [3.05, 3.63) is 83.4 Å². The van der Waals surface area contributed by atoms with E-state index in [1.54, 1.807) is 0 Å². The Morgan fingerprint density at radius 3 is 2.20 bits per heavy atom. The zero-order chi connectivity index (χ0) is 21.6. The van der Waals surface area contributed by atoms with Gasteiger partial charge < -0.3 is 9.57 Å². The first-order valence-corrected chi connectivity index (χ1v) is 10.1. The van der Waals surface area contributed by atoms with Gasteiger partial charge in [0.1, 0.15) is 5.57 Å². The fraction of sp³-hybridized carbons (Fsp3) is 0.320.